The Morgan fingerprint density at radius 1 is 1.12 bits per heavy atom. The van der Waals surface area contributed by atoms with Gasteiger partial charge in [-0.1, -0.05) is 13.0 Å². The molecule has 3 rings (SSSR count). The number of aromatic nitrogens is 2. The van der Waals surface area contributed by atoms with E-state index in [1.807, 2.05) is 35.2 Å². The van der Waals surface area contributed by atoms with Crippen LogP contribution in [0.3, 0.4) is 0 Å². The van der Waals surface area contributed by atoms with E-state index in [1.54, 1.807) is 12.4 Å². The number of pyridine rings is 2. The lowest BCUT2D eigenvalue weighted by atomic mass is 10.2. The van der Waals surface area contributed by atoms with E-state index in [1.165, 1.54) is 0 Å². The number of carbonyl (C=O) groups excluding carboxylic acids is 1. The summed E-state index contributed by atoms with van der Waals surface area (Å²) < 4.78 is 0. The third kappa shape index (κ3) is 3.82. The van der Waals surface area contributed by atoms with Crippen LogP contribution in [0.2, 0.25) is 0 Å². The van der Waals surface area contributed by atoms with Crippen LogP contribution in [0, 0.1) is 0 Å². The minimum absolute atomic E-state index is 0.00387. The molecule has 0 spiro atoms. The highest BCUT2D eigenvalue weighted by Crippen LogP contribution is 2.15. The van der Waals surface area contributed by atoms with Crippen molar-refractivity contribution in [2.75, 3.05) is 42.9 Å². The monoisotopic (exact) mass is 325 g/mol. The zero-order chi connectivity index (χ0) is 16.8. The fraction of sp³-hybridized carbons (Fsp3) is 0.389. The van der Waals surface area contributed by atoms with E-state index >= 15 is 0 Å². The van der Waals surface area contributed by atoms with Crippen LogP contribution in [0.15, 0.2) is 42.7 Å². The van der Waals surface area contributed by atoms with E-state index in [0.29, 0.717) is 18.8 Å². The average molecular weight is 325 g/mol. The first-order chi connectivity index (χ1) is 11.8. The molecule has 1 saturated heterocycles. The smallest absolute Gasteiger partial charge is 0.272 e. The normalized spacial score (nSPS) is 14.5. The molecule has 0 radical (unpaired) electrons. The summed E-state index contributed by atoms with van der Waals surface area (Å²) in [6.07, 6.45) is 4.53. The van der Waals surface area contributed by atoms with Gasteiger partial charge in [-0.25, -0.2) is 4.98 Å². The van der Waals surface area contributed by atoms with Crippen molar-refractivity contribution in [1.82, 2.24) is 14.9 Å². The number of rotatable bonds is 5. The maximum atomic E-state index is 12.7. The van der Waals surface area contributed by atoms with Crippen LogP contribution in [-0.4, -0.2) is 53.5 Å². The maximum Gasteiger partial charge on any atom is 0.272 e. The van der Waals surface area contributed by atoms with Crippen molar-refractivity contribution in [3.63, 3.8) is 0 Å². The van der Waals surface area contributed by atoms with Crippen molar-refractivity contribution in [3.8, 4) is 0 Å². The van der Waals surface area contributed by atoms with Crippen LogP contribution in [0.1, 0.15) is 23.8 Å². The Hall–Kier alpha value is -2.63. The zero-order valence-corrected chi connectivity index (χ0v) is 14.0. The molecular weight excluding hydrogens is 302 g/mol. The number of hydrogen-bond donors (Lipinski definition) is 1. The number of amides is 1. The summed E-state index contributed by atoms with van der Waals surface area (Å²) >= 11 is 0. The molecule has 6 heteroatoms. The summed E-state index contributed by atoms with van der Waals surface area (Å²) in [6.45, 7) is 5.95. The Kier molecular flexibility index (Phi) is 5.25. The van der Waals surface area contributed by atoms with Gasteiger partial charge in [-0.3, -0.25) is 9.78 Å². The van der Waals surface area contributed by atoms with Crippen molar-refractivity contribution in [2.24, 2.45) is 0 Å². The Morgan fingerprint density at radius 2 is 1.96 bits per heavy atom. The minimum atomic E-state index is -0.00387. The highest BCUT2D eigenvalue weighted by Gasteiger charge is 2.23. The summed E-state index contributed by atoms with van der Waals surface area (Å²) in [5, 5.41) is 3.29. The molecule has 1 aliphatic rings. The van der Waals surface area contributed by atoms with Gasteiger partial charge in [0.1, 0.15) is 11.5 Å². The molecule has 2 aromatic heterocycles. The lowest BCUT2D eigenvalue weighted by molar-refractivity contribution is 0.0740. The molecule has 0 bridgehead atoms. The highest BCUT2D eigenvalue weighted by molar-refractivity contribution is 5.93. The van der Waals surface area contributed by atoms with Gasteiger partial charge in [0.25, 0.3) is 5.91 Å². The molecule has 0 aromatic carbocycles. The van der Waals surface area contributed by atoms with E-state index < -0.39 is 0 Å². The van der Waals surface area contributed by atoms with Crippen molar-refractivity contribution in [2.45, 2.75) is 13.3 Å². The summed E-state index contributed by atoms with van der Waals surface area (Å²) in [5.41, 5.74) is 1.45. The first-order valence-electron chi connectivity index (χ1n) is 8.43. The van der Waals surface area contributed by atoms with Gasteiger partial charge < -0.3 is 15.1 Å². The number of nitrogens with zero attached hydrogens (tertiary/aromatic N) is 4. The van der Waals surface area contributed by atoms with Gasteiger partial charge in [0.05, 0.1) is 0 Å². The van der Waals surface area contributed by atoms with E-state index in [2.05, 4.69) is 27.1 Å². The largest absolute Gasteiger partial charge is 0.385 e. The molecule has 24 heavy (non-hydrogen) atoms. The van der Waals surface area contributed by atoms with Gasteiger partial charge in [-0.05, 0) is 30.7 Å². The van der Waals surface area contributed by atoms with E-state index in [0.717, 1.165) is 37.6 Å². The van der Waals surface area contributed by atoms with Crippen molar-refractivity contribution < 1.29 is 4.79 Å². The fourth-order valence-corrected chi connectivity index (χ4v) is 2.77. The van der Waals surface area contributed by atoms with Crippen LogP contribution in [0.4, 0.5) is 11.5 Å². The molecule has 1 aliphatic heterocycles. The van der Waals surface area contributed by atoms with E-state index in [9.17, 15) is 4.79 Å². The molecular formula is C18H23N5O. The van der Waals surface area contributed by atoms with Crippen molar-refractivity contribution in [3.05, 3.63) is 48.4 Å². The fourth-order valence-electron chi connectivity index (χ4n) is 2.77. The molecule has 3 heterocycles. The highest BCUT2D eigenvalue weighted by atomic mass is 16.2. The maximum absolute atomic E-state index is 12.7. The molecule has 1 amide bonds. The van der Waals surface area contributed by atoms with Crippen LogP contribution < -0.4 is 10.2 Å². The van der Waals surface area contributed by atoms with E-state index in [4.69, 9.17) is 0 Å². The summed E-state index contributed by atoms with van der Waals surface area (Å²) in [6, 6.07) is 9.63. The standard InChI is InChI=1S/C18H23N5O/c1-2-7-19-15-6-9-20-16(14-15)18(24)23-12-10-22(11-13-23)17-5-3-4-8-21-17/h3-6,8-9,14H,2,7,10-13H2,1H3,(H,19,20). The number of hydrogen-bond acceptors (Lipinski definition) is 5. The quantitative estimate of drug-likeness (QED) is 0.914. The predicted molar refractivity (Wildman–Crippen MR) is 95.4 cm³/mol. The molecule has 126 valence electrons. The summed E-state index contributed by atoms with van der Waals surface area (Å²) in [7, 11) is 0. The first kappa shape index (κ1) is 16.2. The molecule has 0 unspecified atom stereocenters. The Labute approximate surface area is 142 Å². The number of carbonyl (C=O) groups is 1. The summed E-state index contributed by atoms with van der Waals surface area (Å²) in [4.78, 5) is 25.4. The van der Waals surface area contributed by atoms with Crippen LogP contribution in [0.25, 0.3) is 0 Å². The molecule has 1 fully saturated rings. The SMILES string of the molecule is CCCNc1ccnc(C(=O)N2CCN(c3ccccn3)CC2)c1. The van der Waals surface area contributed by atoms with Crippen LogP contribution >= 0.6 is 0 Å². The van der Waals surface area contributed by atoms with Gasteiger partial charge in [-0.2, -0.15) is 0 Å². The minimum Gasteiger partial charge on any atom is -0.385 e. The van der Waals surface area contributed by atoms with Crippen LogP contribution in [-0.2, 0) is 0 Å². The van der Waals surface area contributed by atoms with Gasteiger partial charge in [-0.15, -0.1) is 0 Å². The molecule has 0 saturated carbocycles. The second kappa shape index (κ2) is 7.77. The third-order valence-electron chi connectivity index (χ3n) is 4.10. The Morgan fingerprint density at radius 3 is 2.67 bits per heavy atom. The zero-order valence-electron chi connectivity index (χ0n) is 14.0. The second-order valence-electron chi connectivity index (χ2n) is 5.82. The molecule has 6 nitrogen and oxygen atoms in total. The Bertz CT molecular complexity index is 668. The lowest BCUT2D eigenvalue weighted by Gasteiger charge is -2.35. The predicted octanol–water partition coefficient (Wildman–Crippen LogP) is 2.26. The Balaban J connectivity index is 1.61. The molecule has 0 atom stereocenters. The van der Waals surface area contributed by atoms with Gasteiger partial charge in [0.15, 0.2) is 0 Å². The topological polar surface area (TPSA) is 61.4 Å². The van der Waals surface area contributed by atoms with Gasteiger partial charge in [0.2, 0.25) is 0 Å². The lowest BCUT2D eigenvalue weighted by Crippen LogP contribution is -2.49. The molecule has 2 aromatic rings. The second-order valence-corrected chi connectivity index (χ2v) is 5.82. The molecule has 1 N–H and O–H groups in total. The number of piperazine rings is 1. The first-order valence-corrected chi connectivity index (χ1v) is 8.43. The van der Waals surface area contributed by atoms with Gasteiger partial charge in [0, 0.05) is 50.8 Å². The van der Waals surface area contributed by atoms with Crippen LogP contribution in [0.5, 0.6) is 0 Å². The van der Waals surface area contributed by atoms with Crippen molar-refractivity contribution >= 4 is 17.4 Å². The summed E-state index contributed by atoms with van der Waals surface area (Å²) in [5.74, 6) is 0.962. The number of nitrogens with one attached hydrogen (secondary N) is 1. The number of anilines is 2. The molecule has 0 aliphatic carbocycles. The third-order valence-corrected chi connectivity index (χ3v) is 4.10. The van der Waals surface area contributed by atoms with Crippen molar-refractivity contribution in [1.29, 1.82) is 0 Å². The van der Waals surface area contributed by atoms with E-state index in [-0.39, 0.29) is 5.91 Å². The average Bonchev–Trinajstić information content (AvgIpc) is 2.67. The van der Waals surface area contributed by atoms with Gasteiger partial charge >= 0.3 is 0 Å².